The van der Waals surface area contributed by atoms with Crippen LogP contribution in [0.4, 0.5) is 5.82 Å². The van der Waals surface area contributed by atoms with Crippen LogP contribution in [0.25, 0.3) is 0 Å². The number of halogens is 1. The molecule has 0 radical (unpaired) electrons. The molecule has 4 heteroatoms. The van der Waals surface area contributed by atoms with Crippen LogP contribution in [0.3, 0.4) is 0 Å². The molecule has 1 rings (SSSR count). The van der Waals surface area contributed by atoms with Crippen LogP contribution >= 0.6 is 15.9 Å². The third-order valence-electron chi connectivity index (χ3n) is 2.62. The molecule has 0 saturated heterocycles. The Hall–Kier alpha value is -0.640. The molecule has 0 unspecified atom stereocenters. The van der Waals surface area contributed by atoms with Gasteiger partial charge in [-0.15, -0.1) is 0 Å². The van der Waals surface area contributed by atoms with Gasteiger partial charge >= 0.3 is 0 Å². The molecule has 1 aromatic heterocycles. The van der Waals surface area contributed by atoms with Crippen LogP contribution in [0.15, 0.2) is 4.47 Å². The molecule has 1 aromatic rings. The van der Waals surface area contributed by atoms with Crippen LogP contribution in [-0.2, 0) is 11.8 Å². The number of hydrogen-bond acceptors (Lipinski definition) is 3. The fourth-order valence-corrected chi connectivity index (χ4v) is 2.60. The van der Waals surface area contributed by atoms with E-state index >= 15 is 0 Å². The highest BCUT2D eigenvalue weighted by Gasteiger charge is 2.22. The highest BCUT2D eigenvalue weighted by molar-refractivity contribution is 9.10. The van der Waals surface area contributed by atoms with Crippen LogP contribution in [0.5, 0.6) is 0 Å². The second-order valence-corrected chi connectivity index (χ2v) is 6.37. The van der Waals surface area contributed by atoms with Gasteiger partial charge in [-0.3, -0.25) is 0 Å². The van der Waals surface area contributed by atoms with E-state index in [0.29, 0.717) is 0 Å². The Balaban J connectivity index is 3.20. The maximum Gasteiger partial charge on any atom is 0.144 e. The van der Waals surface area contributed by atoms with Gasteiger partial charge in [0, 0.05) is 18.4 Å². The van der Waals surface area contributed by atoms with E-state index in [0.717, 1.165) is 47.6 Å². The van der Waals surface area contributed by atoms with Gasteiger partial charge in [0.25, 0.3) is 0 Å². The molecule has 0 saturated carbocycles. The summed E-state index contributed by atoms with van der Waals surface area (Å²) in [7, 11) is 0. The summed E-state index contributed by atoms with van der Waals surface area (Å²) in [4.78, 5) is 9.31. The molecule has 18 heavy (non-hydrogen) atoms. The summed E-state index contributed by atoms with van der Waals surface area (Å²) in [5.74, 6) is 1.87. The van der Waals surface area contributed by atoms with E-state index in [1.54, 1.807) is 0 Å². The number of rotatable bonds is 5. The molecule has 0 aromatic carbocycles. The van der Waals surface area contributed by atoms with Gasteiger partial charge in [-0.25, -0.2) is 9.97 Å². The first kappa shape index (κ1) is 15.4. The molecule has 1 N–H and O–H groups in total. The van der Waals surface area contributed by atoms with Gasteiger partial charge in [0.15, 0.2) is 0 Å². The lowest BCUT2D eigenvalue weighted by atomic mass is 9.92. The van der Waals surface area contributed by atoms with E-state index < -0.39 is 0 Å². The van der Waals surface area contributed by atoms with Crippen LogP contribution in [0, 0.1) is 0 Å². The number of nitrogens with zero attached hydrogens (tertiary/aromatic N) is 2. The molecule has 0 atom stereocenters. The summed E-state index contributed by atoms with van der Waals surface area (Å²) in [5, 5.41) is 3.38. The van der Waals surface area contributed by atoms with Crippen molar-refractivity contribution in [3.05, 3.63) is 16.0 Å². The average molecular weight is 314 g/mol. The van der Waals surface area contributed by atoms with Gasteiger partial charge in [-0.2, -0.15) is 0 Å². The number of hydrogen-bond donors (Lipinski definition) is 1. The van der Waals surface area contributed by atoms with Crippen molar-refractivity contribution in [1.82, 2.24) is 9.97 Å². The second kappa shape index (κ2) is 6.50. The molecule has 0 fully saturated rings. The Morgan fingerprint density at radius 1 is 1.11 bits per heavy atom. The third kappa shape index (κ3) is 3.94. The van der Waals surface area contributed by atoms with Crippen molar-refractivity contribution in [2.45, 2.75) is 59.3 Å². The molecule has 0 spiro atoms. The molecule has 0 aliphatic carbocycles. The molecule has 0 amide bonds. The van der Waals surface area contributed by atoms with Crippen molar-refractivity contribution in [3.63, 3.8) is 0 Å². The number of aromatic nitrogens is 2. The molecule has 0 bridgehead atoms. The van der Waals surface area contributed by atoms with Crippen LogP contribution in [0.1, 0.15) is 59.0 Å². The molecule has 102 valence electrons. The van der Waals surface area contributed by atoms with Crippen molar-refractivity contribution in [3.8, 4) is 0 Å². The minimum absolute atomic E-state index is 0.0207. The van der Waals surface area contributed by atoms with E-state index in [4.69, 9.17) is 4.98 Å². The van der Waals surface area contributed by atoms with Crippen molar-refractivity contribution >= 4 is 21.7 Å². The zero-order valence-corrected chi connectivity index (χ0v) is 13.7. The summed E-state index contributed by atoms with van der Waals surface area (Å²) in [6.07, 6.45) is 3.08. The first-order chi connectivity index (χ1) is 8.40. The predicted molar refractivity (Wildman–Crippen MR) is 81.2 cm³/mol. The number of aryl methyl sites for hydroxylation is 1. The zero-order valence-electron chi connectivity index (χ0n) is 12.1. The molecule has 0 aliphatic rings. The van der Waals surface area contributed by atoms with E-state index in [2.05, 4.69) is 60.8 Å². The summed E-state index contributed by atoms with van der Waals surface area (Å²) in [6.45, 7) is 11.8. The summed E-state index contributed by atoms with van der Waals surface area (Å²) < 4.78 is 1.00. The average Bonchev–Trinajstić information content (AvgIpc) is 2.28. The highest BCUT2D eigenvalue weighted by atomic mass is 79.9. The van der Waals surface area contributed by atoms with Crippen molar-refractivity contribution < 1.29 is 0 Å². The normalized spacial score (nSPS) is 11.7. The summed E-state index contributed by atoms with van der Waals surface area (Å²) in [5.41, 5.74) is 1.10. The van der Waals surface area contributed by atoms with Gasteiger partial charge in [0.05, 0.1) is 10.2 Å². The minimum Gasteiger partial charge on any atom is -0.369 e. The van der Waals surface area contributed by atoms with Crippen molar-refractivity contribution in [1.29, 1.82) is 0 Å². The maximum absolute atomic E-state index is 4.70. The monoisotopic (exact) mass is 313 g/mol. The largest absolute Gasteiger partial charge is 0.369 e. The van der Waals surface area contributed by atoms with E-state index in [1.807, 2.05) is 0 Å². The fourth-order valence-electron chi connectivity index (χ4n) is 1.69. The molecule has 1 heterocycles. The van der Waals surface area contributed by atoms with E-state index in [-0.39, 0.29) is 5.41 Å². The van der Waals surface area contributed by atoms with Gasteiger partial charge in [-0.05, 0) is 28.8 Å². The van der Waals surface area contributed by atoms with Crippen molar-refractivity contribution in [2.75, 3.05) is 11.9 Å². The molecular formula is C14H24BrN3. The third-order valence-corrected chi connectivity index (χ3v) is 3.38. The van der Waals surface area contributed by atoms with Gasteiger partial charge in [0.2, 0.25) is 0 Å². The maximum atomic E-state index is 4.70. The van der Waals surface area contributed by atoms with Gasteiger partial charge in [-0.1, -0.05) is 34.6 Å². The highest BCUT2D eigenvalue weighted by Crippen LogP contribution is 2.32. The topological polar surface area (TPSA) is 37.8 Å². The second-order valence-electron chi connectivity index (χ2n) is 5.58. The number of anilines is 1. The van der Waals surface area contributed by atoms with Crippen LogP contribution in [-0.4, -0.2) is 16.5 Å². The standard InChI is InChI=1S/C14H24BrN3/c1-6-8-10-17-12(14(3,4)5)11(15)13(18-10)16-9-7-2/h6-9H2,1-5H3,(H,16,17,18). The SMILES string of the molecule is CCCNc1nc(CCC)nc(C(C)(C)C)c1Br. The lowest BCUT2D eigenvalue weighted by Gasteiger charge is -2.22. The Kier molecular flexibility index (Phi) is 5.57. The van der Waals surface area contributed by atoms with E-state index in [1.165, 1.54) is 0 Å². The Labute approximate surface area is 119 Å². The summed E-state index contributed by atoms with van der Waals surface area (Å²) >= 11 is 3.65. The Morgan fingerprint density at radius 3 is 2.28 bits per heavy atom. The van der Waals surface area contributed by atoms with Crippen LogP contribution in [0.2, 0.25) is 0 Å². The fraction of sp³-hybridized carbons (Fsp3) is 0.714. The molecule has 0 aliphatic heterocycles. The van der Waals surface area contributed by atoms with E-state index in [9.17, 15) is 0 Å². The zero-order chi connectivity index (χ0) is 13.8. The first-order valence-corrected chi connectivity index (χ1v) is 7.50. The van der Waals surface area contributed by atoms with Crippen molar-refractivity contribution in [2.24, 2.45) is 0 Å². The predicted octanol–water partition coefficient (Wildman–Crippen LogP) is 4.31. The Bertz CT molecular complexity index is 397. The number of nitrogens with one attached hydrogen (secondary N) is 1. The lowest BCUT2D eigenvalue weighted by Crippen LogP contribution is -2.18. The molecular weight excluding hydrogens is 290 g/mol. The smallest absolute Gasteiger partial charge is 0.144 e. The first-order valence-electron chi connectivity index (χ1n) is 6.70. The summed E-state index contributed by atoms with van der Waals surface area (Å²) in [6, 6.07) is 0. The van der Waals surface area contributed by atoms with Crippen LogP contribution < -0.4 is 5.32 Å². The Morgan fingerprint density at radius 2 is 1.78 bits per heavy atom. The quantitative estimate of drug-likeness (QED) is 0.880. The minimum atomic E-state index is 0.0207. The lowest BCUT2D eigenvalue weighted by molar-refractivity contribution is 0.557. The molecule has 3 nitrogen and oxygen atoms in total. The van der Waals surface area contributed by atoms with Gasteiger partial charge in [0.1, 0.15) is 11.6 Å². The van der Waals surface area contributed by atoms with Gasteiger partial charge < -0.3 is 5.32 Å².